The second-order valence-corrected chi connectivity index (χ2v) is 8.02. The Morgan fingerprint density at radius 1 is 1.19 bits per heavy atom. The van der Waals surface area contributed by atoms with Crippen molar-refractivity contribution >= 4 is 34.8 Å². The third kappa shape index (κ3) is 0.490. The Balaban J connectivity index is 1.91. The molecule has 0 aromatic heterocycles. The molecule has 16 heavy (non-hydrogen) atoms. The number of halogens is 3. The van der Waals surface area contributed by atoms with Crippen molar-refractivity contribution in [2.75, 3.05) is 0 Å². The zero-order chi connectivity index (χ0) is 11.2. The molecule has 88 valence electrons. The highest BCUT2D eigenvalue weighted by Crippen LogP contribution is 2.90. The van der Waals surface area contributed by atoms with Crippen LogP contribution in [0.1, 0.15) is 6.42 Å². The van der Waals surface area contributed by atoms with Gasteiger partial charge in [0.05, 0.1) is 26.8 Å². The molecule has 5 fully saturated rings. The van der Waals surface area contributed by atoms with Crippen LogP contribution in [0.15, 0.2) is 0 Å². The van der Waals surface area contributed by atoms with Crippen LogP contribution in [0, 0.1) is 29.6 Å². The van der Waals surface area contributed by atoms with Crippen LogP contribution in [0.25, 0.3) is 0 Å². The molecule has 2 N–H and O–H groups in total. The van der Waals surface area contributed by atoms with E-state index in [1.165, 1.54) is 0 Å². The molecule has 10 atom stereocenters. The summed E-state index contributed by atoms with van der Waals surface area (Å²) in [6, 6.07) is 0. The van der Waals surface area contributed by atoms with E-state index in [9.17, 15) is 10.2 Å². The number of aliphatic hydroxyl groups excluding tert-OH is 1. The first-order chi connectivity index (χ1) is 7.41. The molecule has 5 aliphatic carbocycles. The van der Waals surface area contributed by atoms with Gasteiger partial charge in [0.15, 0.2) is 0 Å². The van der Waals surface area contributed by atoms with Gasteiger partial charge in [-0.1, -0.05) is 0 Å². The fourth-order valence-electron chi connectivity index (χ4n) is 6.30. The van der Waals surface area contributed by atoms with Gasteiger partial charge < -0.3 is 10.2 Å². The van der Waals surface area contributed by atoms with E-state index in [1.807, 2.05) is 0 Å². The molecule has 0 amide bonds. The Hall–Kier alpha value is 0.790. The minimum Gasteiger partial charge on any atom is -0.392 e. The molecule has 0 spiro atoms. The summed E-state index contributed by atoms with van der Waals surface area (Å²) in [5.74, 6) is 0.242. The van der Waals surface area contributed by atoms with Gasteiger partial charge in [0.2, 0.25) is 0 Å². The van der Waals surface area contributed by atoms with Gasteiger partial charge in [0, 0.05) is 11.8 Å². The highest BCUT2D eigenvalue weighted by Gasteiger charge is 2.99. The second-order valence-electron chi connectivity index (χ2n) is 6.30. The van der Waals surface area contributed by atoms with E-state index < -0.39 is 26.8 Å². The normalized spacial score (nSPS) is 85.7. The Labute approximate surface area is 108 Å². The zero-order valence-corrected chi connectivity index (χ0v) is 10.5. The summed E-state index contributed by atoms with van der Waals surface area (Å²) < 4.78 is 0. The van der Waals surface area contributed by atoms with Crippen molar-refractivity contribution in [3.63, 3.8) is 0 Å². The van der Waals surface area contributed by atoms with Gasteiger partial charge in [0.25, 0.3) is 0 Å². The monoisotopic (exact) mass is 280 g/mol. The molecule has 5 rings (SSSR count). The molecular weight excluding hydrogens is 270 g/mol. The van der Waals surface area contributed by atoms with Gasteiger partial charge in [0.1, 0.15) is 0 Å². The Bertz CT molecular complexity index is 445. The molecule has 2 unspecified atom stereocenters. The minimum absolute atomic E-state index is 0.0109. The molecule has 0 saturated heterocycles. The lowest BCUT2D eigenvalue weighted by Crippen LogP contribution is -2.66. The summed E-state index contributed by atoms with van der Waals surface area (Å²) in [4.78, 5) is -1.45. The molecule has 5 aliphatic rings. The van der Waals surface area contributed by atoms with Crippen molar-refractivity contribution in [3.8, 4) is 0 Å². The van der Waals surface area contributed by atoms with Crippen LogP contribution in [0.5, 0.6) is 0 Å². The molecule has 2 bridgehead atoms. The lowest BCUT2D eigenvalue weighted by molar-refractivity contribution is -0.182. The maximum atomic E-state index is 10.8. The van der Waals surface area contributed by atoms with Crippen molar-refractivity contribution in [2.24, 2.45) is 29.6 Å². The zero-order valence-electron chi connectivity index (χ0n) is 8.28. The van der Waals surface area contributed by atoms with Crippen molar-refractivity contribution in [2.45, 2.75) is 33.3 Å². The topological polar surface area (TPSA) is 40.5 Å². The lowest BCUT2D eigenvalue weighted by atomic mass is 9.55. The first kappa shape index (κ1) is 9.69. The molecule has 0 aliphatic heterocycles. The number of alkyl halides is 3. The summed E-state index contributed by atoms with van der Waals surface area (Å²) in [7, 11) is 0. The Morgan fingerprint density at radius 2 is 1.88 bits per heavy atom. The lowest BCUT2D eigenvalue weighted by Gasteiger charge is -2.55. The molecule has 0 radical (unpaired) electrons. The maximum absolute atomic E-state index is 10.8. The summed E-state index contributed by atoms with van der Waals surface area (Å²) in [5, 5.41) is 20.7. The van der Waals surface area contributed by atoms with Crippen LogP contribution in [-0.2, 0) is 0 Å². The molecule has 0 aromatic rings. The predicted molar refractivity (Wildman–Crippen MR) is 59.8 cm³/mol. The molecule has 5 heteroatoms. The molecule has 0 heterocycles. The van der Waals surface area contributed by atoms with Gasteiger partial charge >= 0.3 is 0 Å². The highest BCUT2D eigenvalue weighted by molar-refractivity contribution is 6.42. The minimum atomic E-state index is -0.911. The van der Waals surface area contributed by atoms with E-state index in [2.05, 4.69) is 0 Å². The van der Waals surface area contributed by atoms with Crippen LogP contribution in [0.3, 0.4) is 0 Å². The van der Waals surface area contributed by atoms with E-state index in [-0.39, 0.29) is 29.6 Å². The maximum Gasteiger partial charge on any atom is 0.0951 e. The van der Waals surface area contributed by atoms with Crippen LogP contribution < -0.4 is 0 Å². The molecule has 2 nitrogen and oxygen atoms in total. The van der Waals surface area contributed by atoms with Gasteiger partial charge in [-0.2, -0.15) is 0 Å². The fourth-order valence-corrected chi connectivity index (χ4v) is 8.40. The van der Waals surface area contributed by atoms with E-state index in [1.54, 1.807) is 0 Å². The smallest absolute Gasteiger partial charge is 0.0951 e. The first-order valence-electron chi connectivity index (χ1n) is 5.83. The highest BCUT2D eigenvalue weighted by atomic mass is 35.5. The molecular formula is C11H11Cl3O2. The largest absolute Gasteiger partial charge is 0.392 e. The van der Waals surface area contributed by atoms with Crippen LogP contribution in [-0.4, -0.2) is 37.0 Å². The number of hydrogen-bond acceptors (Lipinski definition) is 2. The second kappa shape index (κ2) is 2.08. The average molecular weight is 282 g/mol. The quantitative estimate of drug-likeness (QED) is 0.655. The van der Waals surface area contributed by atoms with E-state index in [0.29, 0.717) is 0 Å². The SMILES string of the molecule is O[C@@H]1C2C3C[C@H]4[C@H]1[C@]1(Cl)[C@@H](Cl)[C@@]4(Cl)[C@@]3(O)[C@@H]21. The average Bonchev–Trinajstić information content (AvgIpc) is 2.55. The van der Waals surface area contributed by atoms with Crippen LogP contribution in [0.2, 0.25) is 0 Å². The number of fused-ring (bicyclic) bond motifs is 2. The summed E-state index contributed by atoms with van der Waals surface area (Å²) >= 11 is 19.8. The van der Waals surface area contributed by atoms with Gasteiger partial charge in [-0.15, -0.1) is 34.8 Å². The first-order valence-corrected chi connectivity index (χ1v) is 7.02. The fraction of sp³-hybridized carbons (Fsp3) is 1.00. The van der Waals surface area contributed by atoms with E-state index >= 15 is 0 Å². The van der Waals surface area contributed by atoms with Crippen molar-refractivity contribution in [1.29, 1.82) is 0 Å². The van der Waals surface area contributed by atoms with Crippen molar-refractivity contribution < 1.29 is 10.2 Å². The van der Waals surface area contributed by atoms with Crippen LogP contribution in [0.4, 0.5) is 0 Å². The molecule has 0 aromatic carbocycles. The molecule has 5 saturated carbocycles. The standard InChI is InChI=1S/C11H11Cl3O2/c12-8-9(13)5-3-1-2-4(6(5)15)7(9)11(2,16)10(3,8)14/h2-8,15-16H,1H2/t2?,3-,4?,5+,6+,7-,8+,9+,10+,11-/m0/s1. The third-order valence-corrected chi connectivity index (χ3v) is 8.93. The Kier molecular flexibility index (Phi) is 1.26. The van der Waals surface area contributed by atoms with Gasteiger partial charge in [-0.05, 0) is 24.2 Å². The number of aliphatic hydroxyl groups is 2. The van der Waals surface area contributed by atoms with E-state index in [4.69, 9.17) is 34.8 Å². The number of rotatable bonds is 0. The third-order valence-electron chi connectivity index (χ3n) is 6.49. The number of hydrogen-bond donors (Lipinski definition) is 2. The van der Waals surface area contributed by atoms with Crippen molar-refractivity contribution in [3.05, 3.63) is 0 Å². The van der Waals surface area contributed by atoms with Crippen LogP contribution >= 0.6 is 34.8 Å². The summed E-state index contributed by atoms with van der Waals surface area (Å²) in [6.07, 6.45) is 0.483. The predicted octanol–water partition coefficient (Wildman–Crippen LogP) is 1.18. The van der Waals surface area contributed by atoms with Gasteiger partial charge in [-0.3, -0.25) is 0 Å². The van der Waals surface area contributed by atoms with E-state index in [0.717, 1.165) is 6.42 Å². The Morgan fingerprint density at radius 3 is 2.56 bits per heavy atom. The van der Waals surface area contributed by atoms with Crippen molar-refractivity contribution in [1.82, 2.24) is 0 Å². The summed E-state index contributed by atoms with van der Waals surface area (Å²) in [6.45, 7) is 0. The van der Waals surface area contributed by atoms with Gasteiger partial charge in [-0.25, -0.2) is 0 Å². The summed E-state index contributed by atoms with van der Waals surface area (Å²) in [5.41, 5.74) is -0.911.